The van der Waals surface area contributed by atoms with E-state index in [1.807, 2.05) is 0 Å². The van der Waals surface area contributed by atoms with Crippen LogP contribution in [-0.2, 0) is 19.4 Å². The lowest BCUT2D eigenvalue weighted by atomic mass is 10.2. The first-order chi connectivity index (χ1) is 8.81. The van der Waals surface area contributed by atoms with Gasteiger partial charge in [-0.3, -0.25) is 4.68 Å². The Kier molecular flexibility index (Phi) is 7.74. The number of nitrogens with one attached hydrogen (secondary N) is 1. The topological polar surface area (TPSA) is 29.9 Å². The molecule has 0 unspecified atom stereocenters. The van der Waals surface area contributed by atoms with Crippen LogP contribution in [0.4, 0.5) is 0 Å². The molecule has 3 heteroatoms. The van der Waals surface area contributed by atoms with Crippen molar-refractivity contribution in [2.24, 2.45) is 0 Å². The summed E-state index contributed by atoms with van der Waals surface area (Å²) in [6.07, 6.45) is 7.18. The van der Waals surface area contributed by atoms with Gasteiger partial charge in [0.05, 0.1) is 5.69 Å². The Hall–Kier alpha value is -0.830. The van der Waals surface area contributed by atoms with E-state index in [0.29, 0.717) is 0 Å². The van der Waals surface area contributed by atoms with E-state index in [2.05, 4.69) is 41.9 Å². The zero-order valence-electron chi connectivity index (χ0n) is 12.3. The van der Waals surface area contributed by atoms with Crippen molar-refractivity contribution in [3.63, 3.8) is 0 Å². The Morgan fingerprint density at radius 2 is 1.89 bits per heavy atom. The van der Waals surface area contributed by atoms with Gasteiger partial charge < -0.3 is 5.32 Å². The first-order valence-electron chi connectivity index (χ1n) is 7.58. The van der Waals surface area contributed by atoms with Crippen LogP contribution in [0.5, 0.6) is 0 Å². The SMILES string of the molecule is CCCNCCCCCn1nc(CC)cc1CC. The summed E-state index contributed by atoms with van der Waals surface area (Å²) in [5.74, 6) is 0. The molecule has 1 aromatic heterocycles. The lowest BCUT2D eigenvalue weighted by Crippen LogP contribution is -2.16. The molecular weight excluding hydrogens is 222 g/mol. The monoisotopic (exact) mass is 251 g/mol. The summed E-state index contributed by atoms with van der Waals surface area (Å²) in [6.45, 7) is 9.99. The predicted octanol–water partition coefficient (Wildman–Crippen LogP) is 3.18. The van der Waals surface area contributed by atoms with Crippen molar-refractivity contribution in [2.75, 3.05) is 13.1 Å². The molecule has 0 amide bonds. The summed E-state index contributed by atoms with van der Waals surface area (Å²) >= 11 is 0. The Morgan fingerprint density at radius 3 is 2.56 bits per heavy atom. The van der Waals surface area contributed by atoms with E-state index in [0.717, 1.165) is 32.5 Å². The highest BCUT2D eigenvalue weighted by Gasteiger charge is 2.04. The van der Waals surface area contributed by atoms with Crippen LogP contribution >= 0.6 is 0 Å². The number of nitrogens with zero attached hydrogens (tertiary/aromatic N) is 2. The van der Waals surface area contributed by atoms with E-state index >= 15 is 0 Å². The van der Waals surface area contributed by atoms with Crippen molar-refractivity contribution in [1.82, 2.24) is 15.1 Å². The zero-order chi connectivity index (χ0) is 13.2. The quantitative estimate of drug-likeness (QED) is 0.647. The zero-order valence-corrected chi connectivity index (χ0v) is 12.3. The van der Waals surface area contributed by atoms with Crippen LogP contribution in [0.1, 0.15) is 57.8 Å². The molecule has 0 aliphatic rings. The maximum absolute atomic E-state index is 4.65. The van der Waals surface area contributed by atoms with Crippen molar-refractivity contribution in [1.29, 1.82) is 0 Å². The number of aromatic nitrogens is 2. The third-order valence-electron chi connectivity index (χ3n) is 3.29. The molecule has 1 N–H and O–H groups in total. The summed E-state index contributed by atoms with van der Waals surface area (Å²) in [7, 11) is 0. The molecule has 0 atom stereocenters. The molecule has 1 heterocycles. The van der Waals surface area contributed by atoms with Gasteiger partial charge in [-0.2, -0.15) is 5.10 Å². The predicted molar refractivity (Wildman–Crippen MR) is 78.0 cm³/mol. The molecule has 0 saturated heterocycles. The average molecular weight is 251 g/mol. The van der Waals surface area contributed by atoms with E-state index in [9.17, 15) is 0 Å². The van der Waals surface area contributed by atoms with Gasteiger partial charge in [-0.1, -0.05) is 27.2 Å². The molecule has 18 heavy (non-hydrogen) atoms. The van der Waals surface area contributed by atoms with Gasteiger partial charge in [-0.15, -0.1) is 0 Å². The molecule has 0 fully saturated rings. The maximum atomic E-state index is 4.65. The van der Waals surface area contributed by atoms with Crippen LogP contribution in [0, 0.1) is 0 Å². The van der Waals surface area contributed by atoms with Crippen LogP contribution < -0.4 is 5.32 Å². The van der Waals surface area contributed by atoms with Gasteiger partial charge in [-0.25, -0.2) is 0 Å². The highest BCUT2D eigenvalue weighted by Crippen LogP contribution is 2.08. The number of rotatable bonds is 10. The molecule has 0 spiro atoms. The summed E-state index contributed by atoms with van der Waals surface area (Å²) in [5.41, 5.74) is 2.62. The molecule has 0 aliphatic carbocycles. The first-order valence-corrected chi connectivity index (χ1v) is 7.58. The normalized spacial score (nSPS) is 11.1. The molecule has 0 aromatic carbocycles. The minimum atomic E-state index is 1.04. The summed E-state index contributed by atoms with van der Waals surface area (Å²) in [4.78, 5) is 0. The number of hydrogen-bond donors (Lipinski definition) is 1. The van der Waals surface area contributed by atoms with Crippen LogP contribution in [0.2, 0.25) is 0 Å². The average Bonchev–Trinajstić information content (AvgIpc) is 2.80. The highest BCUT2D eigenvalue weighted by atomic mass is 15.3. The number of hydrogen-bond acceptors (Lipinski definition) is 2. The van der Waals surface area contributed by atoms with Crippen molar-refractivity contribution < 1.29 is 0 Å². The second-order valence-corrected chi connectivity index (χ2v) is 4.87. The summed E-state index contributed by atoms with van der Waals surface area (Å²) < 4.78 is 2.21. The molecule has 0 saturated carbocycles. The van der Waals surface area contributed by atoms with Gasteiger partial charge in [0.25, 0.3) is 0 Å². The van der Waals surface area contributed by atoms with Gasteiger partial charge in [-0.05, 0) is 51.3 Å². The van der Waals surface area contributed by atoms with Gasteiger partial charge in [0.2, 0.25) is 0 Å². The molecule has 0 bridgehead atoms. The standard InChI is InChI=1S/C15H29N3/c1-4-10-16-11-8-7-9-12-18-15(6-3)13-14(5-2)17-18/h13,16H,4-12H2,1-3H3. The Balaban J connectivity index is 2.20. The minimum absolute atomic E-state index is 1.04. The third-order valence-corrected chi connectivity index (χ3v) is 3.29. The van der Waals surface area contributed by atoms with Crippen molar-refractivity contribution in [2.45, 2.75) is 65.8 Å². The second kappa shape index (κ2) is 9.15. The van der Waals surface area contributed by atoms with Crippen molar-refractivity contribution in [3.8, 4) is 0 Å². The Morgan fingerprint density at radius 1 is 1.06 bits per heavy atom. The summed E-state index contributed by atoms with van der Waals surface area (Å²) in [6, 6.07) is 2.25. The lowest BCUT2D eigenvalue weighted by molar-refractivity contribution is 0.514. The Bertz CT molecular complexity index is 318. The van der Waals surface area contributed by atoms with Crippen LogP contribution in [0.25, 0.3) is 0 Å². The molecule has 3 nitrogen and oxygen atoms in total. The fourth-order valence-corrected chi connectivity index (χ4v) is 2.16. The van der Waals surface area contributed by atoms with Crippen LogP contribution in [-0.4, -0.2) is 22.9 Å². The molecule has 1 aromatic rings. The van der Waals surface area contributed by atoms with Gasteiger partial charge in [0.1, 0.15) is 0 Å². The first kappa shape index (κ1) is 15.2. The van der Waals surface area contributed by atoms with Crippen molar-refractivity contribution >= 4 is 0 Å². The molecule has 1 rings (SSSR count). The number of unbranched alkanes of at least 4 members (excludes halogenated alkanes) is 2. The van der Waals surface area contributed by atoms with E-state index in [-0.39, 0.29) is 0 Å². The molecular formula is C15H29N3. The number of aryl methyl sites for hydroxylation is 3. The fraction of sp³-hybridized carbons (Fsp3) is 0.800. The largest absolute Gasteiger partial charge is 0.317 e. The minimum Gasteiger partial charge on any atom is -0.317 e. The maximum Gasteiger partial charge on any atom is 0.0624 e. The van der Waals surface area contributed by atoms with E-state index in [4.69, 9.17) is 0 Å². The molecule has 0 radical (unpaired) electrons. The fourth-order valence-electron chi connectivity index (χ4n) is 2.16. The van der Waals surface area contributed by atoms with Gasteiger partial charge >= 0.3 is 0 Å². The highest BCUT2D eigenvalue weighted by molar-refractivity contribution is 5.10. The molecule has 104 valence electrons. The Labute approximate surface area is 112 Å². The van der Waals surface area contributed by atoms with E-state index in [1.165, 1.54) is 37.1 Å². The van der Waals surface area contributed by atoms with Crippen LogP contribution in [0.3, 0.4) is 0 Å². The third kappa shape index (κ3) is 5.21. The smallest absolute Gasteiger partial charge is 0.0624 e. The van der Waals surface area contributed by atoms with E-state index < -0.39 is 0 Å². The lowest BCUT2D eigenvalue weighted by Gasteiger charge is -2.06. The summed E-state index contributed by atoms with van der Waals surface area (Å²) in [5, 5.41) is 8.09. The van der Waals surface area contributed by atoms with E-state index in [1.54, 1.807) is 0 Å². The van der Waals surface area contributed by atoms with Crippen LogP contribution in [0.15, 0.2) is 6.07 Å². The molecule has 0 aliphatic heterocycles. The second-order valence-electron chi connectivity index (χ2n) is 4.87. The van der Waals surface area contributed by atoms with Crippen molar-refractivity contribution in [3.05, 3.63) is 17.5 Å². The van der Waals surface area contributed by atoms with Gasteiger partial charge in [0.15, 0.2) is 0 Å². The van der Waals surface area contributed by atoms with Gasteiger partial charge in [0, 0.05) is 12.2 Å².